The van der Waals surface area contributed by atoms with Crippen LogP contribution >= 0.6 is 11.8 Å². The zero-order valence-corrected chi connectivity index (χ0v) is 17.6. The summed E-state index contributed by atoms with van der Waals surface area (Å²) < 4.78 is 41.5. The van der Waals surface area contributed by atoms with E-state index in [1.807, 2.05) is 6.26 Å². The number of hydrogen-bond donors (Lipinski definition) is 3. The Morgan fingerprint density at radius 3 is 2.50 bits per heavy atom. The van der Waals surface area contributed by atoms with Gasteiger partial charge >= 0.3 is 6.18 Å². The molecule has 0 saturated heterocycles. The largest absolute Gasteiger partial charge is 0.417 e. The summed E-state index contributed by atoms with van der Waals surface area (Å²) in [6.45, 7) is 0. The molecule has 0 aromatic heterocycles. The van der Waals surface area contributed by atoms with Crippen LogP contribution < -0.4 is 10.8 Å². The average Bonchev–Trinajstić information content (AvgIpc) is 3.18. The molecule has 5 nitrogen and oxygen atoms in total. The molecule has 0 fully saturated rings. The standard InChI is InChI=1S/C23H18F3N3O2S/c1-32-17-7-5-13(6-8-17)18-10-15-11-21(28-20(15)12-19(18)23(24,25)26)27-16-4-2-3-14(9-16)22(30)29-31/h2-10,12,31H,11H2,1H3,(H,27,28)(H,29,30). The Morgan fingerprint density at radius 1 is 1.09 bits per heavy atom. The van der Waals surface area contributed by atoms with Gasteiger partial charge in [-0.05, 0) is 65.4 Å². The van der Waals surface area contributed by atoms with Gasteiger partial charge in [0.1, 0.15) is 5.84 Å². The molecule has 0 bridgehead atoms. The maximum atomic E-state index is 13.8. The number of halogens is 3. The van der Waals surface area contributed by atoms with Crippen LogP contribution in [0.2, 0.25) is 0 Å². The van der Waals surface area contributed by atoms with Gasteiger partial charge in [-0.2, -0.15) is 13.2 Å². The monoisotopic (exact) mass is 457 g/mol. The SMILES string of the molecule is CSc1ccc(-c2cc3c(cc2C(F)(F)F)N=C(Nc2cccc(C(=O)NO)c2)C3)cc1. The lowest BCUT2D eigenvalue weighted by atomic mass is 9.95. The Hall–Kier alpha value is -3.30. The number of thioether (sulfide) groups is 1. The van der Waals surface area contributed by atoms with Crippen LogP contribution in [0.4, 0.5) is 24.5 Å². The highest BCUT2D eigenvalue weighted by Crippen LogP contribution is 2.42. The molecule has 0 spiro atoms. The quantitative estimate of drug-likeness (QED) is 0.259. The summed E-state index contributed by atoms with van der Waals surface area (Å²) in [5, 5.41) is 11.8. The van der Waals surface area contributed by atoms with E-state index in [4.69, 9.17) is 5.21 Å². The van der Waals surface area contributed by atoms with E-state index in [9.17, 15) is 18.0 Å². The van der Waals surface area contributed by atoms with E-state index in [2.05, 4.69) is 10.3 Å². The normalized spacial score (nSPS) is 12.8. The van der Waals surface area contributed by atoms with Crippen LogP contribution in [-0.2, 0) is 12.6 Å². The van der Waals surface area contributed by atoms with Crippen molar-refractivity contribution in [1.82, 2.24) is 5.48 Å². The molecule has 1 heterocycles. The Labute approximate surface area is 186 Å². The molecule has 0 aliphatic carbocycles. The summed E-state index contributed by atoms with van der Waals surface area (Å²) >= 11 is 1.52. The average molecular weight is 457 g/mol. The minimum absolute atomic E-state index is 0.113. The van der Waals surface area contributed by atoms with Gasteiger partial charge in [0.2, 0.25) is 0 Å². The van der Waals surface area contributed by atoms with Gasteiger partial charge in [0.25, 0.3) is 5.91 Å². The number of hydrogen-bond acceptors (Lipinski definition) is 5. The molecule has 0 atom stereocenters. The van der Waals surface area contributed by atoms with Crippen molar-refractivity contribution in [2.75, 3.05) is 11.6 Å². The smallest absolute Gasteiger partial charge is 0.343 e. The van der Waals surface area contributed by atoms with Gasteiger partial charge in [0, 0.05) is 22.6 Å². The summed E-state index contributed by atoms with van der Waals surface area (Å²) in [6, 6.07) is 15.9. The number of rotatable bonds is 4. The van der Waals surface area contributed by atoms with Crippen LogP contribution in [0, 0.1) is 0 Å². The molecule has 1 aliphatic rings. The van der Waals surface area contributed by atoms with Gasteiger partial charge in [-0.3, -0.25) is 10.0 Å². The van der Waals surface area contributed by atoms with Gasteiger partial charge in [-0.25, -0.2) is 10.5 Å². The summed E-state index contributed by atoms with van der Waals surface area (Å²) in [5.41, 5.74) is 3.11. The molecule has 9 heteroatoms. The van der Waals surface area contributed by atoms with E-state index < -0.39 is 17.6 Å². The van der Waals surface area contributed by atoms with Crippen molar-refractivity contribution in [2.24, 2.45) is 4.99 Å². The third-order valence-electron chi connectivity index (χ3n) is 5.05. The third kappa shape index (κ3) is 4.49. The lowest BCUT2D eigenvalue weighted by Gasteiger charge is -2.15. The van der Waals surface area contributed by atoms with Crippen LogP contribution in [0.1, 0.15) is 21.5 Å². The number of anilines is 1. The fourth-order valence-corrected chi connectivity index (χ4v) is 3.94. The first-order valence-corrected chi connectivity index (χ1v) is 10.8. The molecular formula is C23H18F3N3O2S. The van der Waals surface area contributed by atoms with Crippen molar-refractivity contribution in [2.45, 2.75) is 17.5 Å². The van der Waals surface area contributed by atoms with Gasteiger partial charge in [0.15, 0.2) is 0 Å². The molecule has 0 saturated carbocycles. The van der Waals surface area contributed by atoms with E-state index in [1.54, 1.807) is 47.9 Å². The van der Waals surface area contributed by atoms with Crippen LogP contribution in [-0.4, -0.2) is 23.2 Å². The molecule has 3 aromatic carbocycles. The Bertz CT molecular complexity index is 1210. The van der Waals surface area contributed by atoms with E-state index in [0.717, 1.165) is 11.0 Å². The molecule has 4 rings (SSSR count). The third-order valence-corrected chi connectivity index (χ3v) is 5.80. The maximum absolute atomic E-state index is 13.8. The van der Waals surface area contributed by atoms with Gasteiger partial charge < -0.3 is 5.32 Å². The van der Waals surface area contributed by atoms with E-state index in [-0.39, 0.29) is 16.8 Å². The van der Waals surface area contributed by atoms with Crippen LogP contribution in [0.25, 0.3) is 11.1 Å². The summed E-state index contributed by atoms with van der Waals surface area (Å²) in [4.78, 5) is 16.9. The number of nitrogens with one attached hydrogen (secondary N) is 2. The van der Waals surface area contributed by atoms with E-state index >= 15 is 0 Å². The van der Waals surface area contributed by atoms with Crippen LogP contribution in [0.15, 0.2) is 70.6 Å². The zero-order valence-electron chi connectivity index (χ0n) is 16.8. The van der Waals surface area contributed by atoms with Gasteiger partial charge in [-0.1, -0.05) is 18.2 Å². The van der Waals surface area contributed by atoms with Crippen molar-refractivity contribution in [3.63, 3.8) is 0 Å². The van der Waals surface area contributed by atoms with Crippen molar-refractivity contribution in [3.05, 3.63) is 77.4 Å². The Kier molecular flexibility index (Phi) is 5.94. The Morgan fingerprint density at radius 2 is 1.84 bits per heavy atom. The minimum atomic E-state index is -4.53. The number of nitrogens with zero attached hydrogens (tertiary/aromatic N) is 1. The van der Waals surface area contributed by atoms with Gasteiger partial charge in [0.05, 0.1) is 11.3 Å². The number of hydroxylamine groups is 1. The molecular weight excluding hydrogens is 439 g/mol. The lowest BCUT2D eigenvalue weighted by Crippen LogP contribution is -2.19. The number of carbonyl (C=O) groups is 1. The molecule has 164 valence electrons. The second kappa shape index (κ2) is 8.68. The fraction of sp³-hybridized carbons (Fsp3) is 0.130. The summed E-state index contributed by atoms with van der Waals surface area (Å²) in [7, 11) is 0. The molecule has 32 heavy (non-hydrogen) atoms. The summed E-state index contributed by atoms with van der Waals surface area (Å²) in [6.07, 6.45) is -2.30. The number of amides is 1. The highest BCUT2D eigenvalue weighted by atomic mass is 32.2. The predicted molar refractivity (Wildman–Crippen MR) is 119 cm³/mol. The fourth-order valence-electron chi connectivity index (χ4n) is 3.53. The first-order valence-electron chi connectivity index (χ1n) is 9.56. The highest BCUT2D eigenvalue weighted by Gasteiger charge is 2.35. The van der Waals surface area contributed by atoms with E-state index in [0.29, 0.717) is 29.1 Å². The van der Waals surface area contributed by atoms with E-state index in [1.165, 1.54) is 23.9 Å². The molecule has 1 amide bonds. The van der Waals surface area contributed by atoms with Crippen molar-refractivity contribution < 1.29 is 23.2 Å². The minimum Gasteiger partial charge on any atom is -0.343 e. The first kappa shape index (κ1) is 21.9. The zero-order chi connectivity index (χ0) is 22.9. The second-order valence-corrected chi connectivity index (χ2v) is 8.01. The van der Waals surface area contributed by atoms with Crippen molar-refractivity contribution >= 4 is 34.9 Å². The first-order chi connectivity index (χ1) is 15.3. The number of fused-ring (bicyclic) bond motifs is 1. The van der Waals surface area contributed by atoms with Gasteiger partial charge in [-0.15, -0.1) is 11.8 Å². The molecule has 0 unspecified atom stereocenters. The molecule has 3 N–H and O–H groups in total. The molecule has 0 radical (unpaired) electrons. The number of alkyl halides is 3. The Balaban J connectivity index is 1.66. The summed E-state index contributed by atoms with van der Waals surface area (Å²) in [5.74, 6) is -0.207. The van der Waals surface area contributed by atoms with Crippen molar-refractivity contribution in [3.8, 4) is 11.1 Å². The number of amidine groups is 1. The van der Waals surface area contributed by atoms with Crippen molar-refractivity contribution in [1.29, 1.82) is 0 Å². The molecule has 3 aromatic rings. The number of aliphatic imine (C=N–C) groups is 1. The predicted octanol–water partition coefficient (Wildman–Crippen LogP) is 5.91. The molecule has 1 aliphatic heterocycles. The lowest BCUT2D eigenvalue weighted by molar-refractivity contribution is -0.137. The maximum Gasteiger partial charge on any atom is 0.417 e. The second-order valence-electron chi connectivity index (χ2n) is 7.13. The van der Waals surface area contributed by atoms with Crippen LogP contribution in [0.3, 0.4) is 0 Å². The number of benzene rings is 3. The van der Waals surface area contributed by atoms with Crippen LogP contribution in [0.5, 0.6) is 0 Å². The number of carbonyl (C=O) groups excluding carboxylic acids is 1. The topological polar surface area (TPSA) is 73.7 Å². The highest BCUT2D eigenvalue weighted by molar-refractivity contribution is 7.98.